The topological polar surface area (TPSA) is 81.4 Å². The Morgan fingerprint density at radius 3 is 2.82 bits per heavy atom. The van der Waals surface area contributed by atoms with Crippen molar-refractivity contribution in [3.63, 3.8) is 0 Å². The van der Waals surface area contributed by atoms with Crippen molar-refractivity contribution in [3.8, 4) is 5.75 Å². The Labute approximate surface area is 99.9 Å². The van der Waals surface area contributed by atoms with Crippen molar-refractivity contribution in [2.24, 2.45) is 11.3 Å². The third kappa shape index (κ3) is 3.57. The van der Waals surface area contributed by atoms with E-state index in [0.717, 1.165) is 6.29 Å². The Morgan fingerprint density at radius 1 is 1.53 bits per heavy atom. The number of aldehydes is 1. The number of hydrogen-bond acceptors (Lipinski definition) is 4. The maximum atomic E-state index is 11.4. The van der Waals surface area contributed by atoms with Gasteiger partial charge in [0.1, 0.15) is 18.6 Å². The molecule has 0 aliphatic carbocycles. The van der Waals surface area contributed by atoms with Gasteiger partial charge >= 0.3 is 0 Å². The summed E-state index contributed by atoms with van der Waals surface area (Å²) in [5.41, 5.74) is 1.89. The predicted octanol–water partition coefficient (Wildman–Crippen LogP) is 0.894. The summed E-state index contributed by atoms with van der Waals surface area (Å²) in [5.74, 6) is 5.32. The highest BCUT2D eigenvalue weighted by Crippen LogP contribution is 2.19. The van der Waals surface area contributed by atoms with E-state index >= 15 is 0 Å². The van der Waals surface area contributed by atoms with E-state index in [2.05, 4.69) is 5.43 Å². The third-order valence-electron chi connectivity index (χ3n) is 2.34. The second-order valence-electron chi connectivity index (χ2n) is 4.34. The lowest BCUT2D eigenvalue weighted by Gasteiger charge is -2.22. The maximum Gasteiger partial charge on any atom is 0.242 e. The number of hydrogen-bond donors (Lipinski definition) is 2. The summed E-state index contributed by atoms with van der Waals surface area (Å²) in [7, 11) is 0. The molecule has 5 nitrogen and oxygen atoms in total. The van der Waals surface area contributed by atoms with Crippen LogP contribution in [0.3, 0.4) is 0 Å². The standard InChI is InChI=1S/C12H16N2O3/c1-12(2,11(16)14-13)8-17-10-5-3-4-9(6-10)7-15/h3-7H,8,13H2,1-2H3,(H,14,16). The quantitative estimate of drug-likeness (QED) is 0.344. The second-order valence-corrected chi connectivity index (χ2v) is 4.34. The molecule has 17 heavy (non-hydrogen) atoms. The third-order valence-corrected chi connectivity index (χ3v) is 2.34. The molecule has 0 spiro atoms. The van der Waals surface area contributed by atoms with Crippen LogP contribution in [0.4, 0.5) is 0 Å². The first kappa shape index (κ1) is 13.2. The minimum Gasteiger partial charge on any atom is -0.492 e. The molecule has 0 aliphatic heterocycles. The number of carbonyl (C=O) groups is 2. The van der Waals surface area contributed by atoms with Gasteiger partial charge in [-0.3, -0.25) is 15.0 Å². The molecule has 1 aromatic rings. The molecular formula is C12H16N2O3. The molecule has 3 N–H and O–H groups in total. The number of carbonyl (C=O) groups excluding carboxylic acids is 2. The fourth-order valence-electron chi connectivity index (χ4n) is 1.20. The summed E-state index contributed by atoms with van der Waals surface area (Å²) < 4.78 is 5.46. The highest BCUT2D eigenvalue weighted by molar-refractivity contribution is 5.81. The van der Waals surface area contributed by atoms with E-state index in [1.165, 1.54) is 0 Å². The highest BCUT2D eigenvalue weighted by Gasteiger charge is 2.27. The SMILES string of the molecule is CC(C)(COc1cccc(C=O)c1)C(=O)NN. The van der Waals surface area contributed by atoms with Gasteiger partial charge in [-0.2, -0.15) is 0 Å². The molecule has 0 saturated carbocycles. The molecule has 0 radical (unpaired) electrons. The fraction of sp³-hybridized carbons (Fsp3) is 0.333. The number of benzene rings is 1. The lowest BCUT2D eigenvalue weighted by Crippen LogP contribution is -2.44. The summed E-state index contributed by atoms with van der Waals surface area (Å²) in [6.45, 7) is 3.62. The lowest BCUT2D eigenvalue weighted by molar-refractivity contribution is -0.130. The number of rotatable bonds is 5. The van der Waals surface area contributed by atoms with Gasteiger partial charge in [-0.25, -0.2) is 5.84 Å². The molecule has 5 heteroatoms. The molecule has 0 unspecified atom stereocenters. The maximum absolute atomic E-state index is 11.4. The van der Waals surface area contributed by atoms with E-state index in [1.54, 1.807) is 38.1 Å². The Balaban J connectivity index is 2.66. The first-order valence-corrected chi connectivity index (χ1v) is 5.18. The lowest BCUT2D eigenvalue weighted by atomic mass is 9.94. The first-order valence-electron chi connectivity index (χ1n) is 5.18. The monoisotopic (exact) mass is 236 g/mol. The molecule has 0 aromatic heterocycles. The van der Waals surface area contributed by atoms with Crippen molar-refractivity contribution < 1.29 is 14.3 Å². The van der Waals surface area contributed by atoms with Crippen LogP contribution in [-0.4, -0.2) is 18.8 Å². The van der Waals surface area contributed by atoms with Crippen molar-refractivity contribution in [1.29, 1.82) is 0 Å². The van der Waals surface area contributed by atoms with Crippen LogP contribution in [-0.2, 0) is 4.79 Å². The Bertz CT molecular complexity index is 416. The van der Waals surface area contributed by atoms with Crippen molar-refractivity contribution in [3.05, 3.63) is 29.8 Å². The molecule has 0 atom stereocenters. The molecular weight excluding hydrogens is 220 g/mol. The zero-order valence-electron chi connectivity index (χ0n) is 9.90. The van der Waals surface area contributed by atoms with Gasteiger partial charge in [-0.05, 0) is 26.0 Å². The van der Waals surface area contributed by atoms with E-state index in [0.29, 0.717) is 11.3 Å². The van der Waals surface area contributed by atoms with Gasteiger partial charge in [0.2, 0.25) is 5.91 Å². The van der Waals surface area contributed by atoms with Crippen LogP contribution in [0.1, 0.15) is 24.2 Å². The molecule has 1 aromatic carbocycles. The van der Waals surface area contributed by atoms with E-state index in [9.17, 15) is 9.59 Å². The van der Waals surface area contributed by atoms with E-state index in [1.807, 2.05) is 0 Å². The summed E-state index contributed by atoms with van der Waals surface area (Å²) in [4.78, 5) is 22.0. The van der Waals surface area contributed by atoms with Crippen LogP contribution >= 0.6 is 0 Å². The van der Waals surface area contributed by atoms with Gasteiger partial charge in [0.25, 0.3) is 0 Å². The second kappa shape index (κ2) is 5.45. The molecule has 0 heterocycles. The molecule has 0 bridgehead atoms. The fourth-order valence-corrected chi connectivity index (χ4v) is 1.20. The van der Waals surface area contributed by atoms with Gasteiger partial charge in [0, 0.05) is 5.56 Å². The van der Waals surface area contributed by atoms with Crippen LogP contribution in [0.2, 0.25) is 0 Å². The number of nitrogens with two attached hydrogens (primary N) is 1. The van der Waals surface area contributed by atoms with Gasteiger partial charge in [-0.15, -0.1) is 0 Å². The summed E-state index contributed by atoms with van der Waals surface area (Å²) in [6, 6.07) is 6.74. The van der Waals surface area contributed by atoms with Crippen LogP contribution in [0.5, 0.6) is 5.75 Å². The average Bonchev–Trinajstić information content (AvgIpc) is 2.35. The molecule has 0 saturated heterocycles. The molecule has 1 rings (SSSR count). The minimum absolute atomic E-state index is 0.179. The Morgan fingerprint density at radius 2 is 2.24 bits per heavy atom. The van der Waals surface area contributed by atoms with Crippen LogP contribution < -0.4 is 16.0 Å². The summed E-state index contributed by atoms with van der Waals surface area (Å²) in [6.07, 6.45) is 0.741. The van der Waals surface area contributed by atoms with E-state index in [-0.39, 0.29) is 12.5 Å². The molecule has 92 valence electrons. The van der Waals surface area contributed by atoms with Crippen molar-refractivity contribution in [2.45, 2.75) is 13.8 Å². The highest BCUT2D eigenvalue weighted by atomic mass is 16.5. The first-order chi connectivity index (χ1) is 7.99. The van der Waals surface area contributed by atoms with Gasteiger partial charge in [0.05, 0.1) is 5.41 Å². The smallest absolute Gasteiger partial charge is 0.242 e. The predicted molar refractivity (Wildman–Crippen MR) is 63.4 cm³/mol. The van der Waals surface area contributed by atoms with Crippen LogP contribution in [0, 0.1) is 5.41 Å². The average molecular weight is 236 g/mol. The van der Waals surface area contributed by atoms with E-state index < -0.39 is 5.41 Å². The van der Waals surface area contributed by atoms with Crippen molar-refractivity contribution >= 4 is 12.2 Å². The number of amides is 1. The van der Waals surface area contributed by atoms with Gasteiger partial charge in [0.15, 0.2) is 0 Å². The number of hydrazine groups is 1. The molecule has 0 fully saturated rings. The van der Waals surface area contributed by atoms with Crippen molar-refractivity contribution in [1.82, 2.24) is 5.43 Å². The van der Waals surface area contributed by atoms with E-state index in [4.69, 9.17) is 10.6 Å². The van der Waals surface area contributed by atoms with Crippen molar-refractivity contribution in [2.75, 3.05) is 6.61 Å². The molecule has 1 amide bonds. The van der Waals surface area contributed by atoms with Gasteiger partial charge in [-0.1, -0.05) is 12.1 Å². The summed E-state index contributed by atoms with van der Waals surface area (Å²) >= 11 is 0. The minimum atomic E-state index is -0.730. The van der Waals surface area contributed by atoms with Gasteiger partial charge < -0.3 is 4.74 Å². The zero-order valence-corrected chi connectivity index (χ0v) is 9.90. The Hall–Kier alpha value is -1.88. The van der Waals surface area contributed by atoms with Crippen LogP contribution in [0.25, 0.3) is 0 Å². The largest absolute Gasteiger partial charge is 0.492 e. The number of nitrogens with one attached hydrogen (secondary N) is 1. The normalized spacial score (nSPS) is 10.8. The summed E-state index contributed by atoms with van der Waals surface area (Å²) in [5, 5.41) is 0. The zero-order chi connectivity index (χ0) is 12.9. The number of ether oxygens (including phenoxy) is 1. The van der Waals surface area contributed by atoms with Crippen LogP contribution in [0.15, 0.2) is 24.3 Å². The molecule has 0 aliphatic rings. The Kier molecular flexibility index (Phi) is 4.23.